The maximum absolute atomic E-state index is 2.48. The smallest absolute Gasteiger partial charge is 0.0547 e. The van der Waals surface area contributed by atoms with E-state index in [1.165, 1.54) is 111 Å². The molecule has 12 rings (SSSR count). The molecule has 9 aromatic carbocycles. The first-order valence-corrected chi connectivity index (χ1v) is 21.8. The highest BCUT2D eigenvalue weighted by Gasteiger charge is 2.23. The first-order valence-electron chi connectivity index (χ1n) is 21.8. The third kappa shape index (κ3) is 6.44. The summed E-state index contributed by atoms with van der Waals surface area (Å²) in [7, 11) is 0. The number of fused-ring (bicyclic) bond motifs is 9. The van der Waals surface area contributed by atoms with Crippen LogP contribution in [0.15, 0.2) is 206 Å². The molecule has 0 unspecified atom stereocenters. The Balaban J connectivity index is 0.00000108. The molecule has 61 heavy (non-hydrogen) atoms. The van der Waals surface area contributed by atoms with Crippen LogP contribution < -0.4 is 0 Å². The first-order chi connectivity index (χ1) is 30.2. The van der Waals surface area contributed by atoms with E-state index in [1.54, 1.807) is 0 Å². The Morgan fingerprint density at radius 1 is 0.279 bits per heavy atom. The third-order valence-corrected chi connectivity index (χ3v) is 12.1. The van der Waals surface area contributed by atoms with E-state index in [9.17, 15) is 0 Å². The largest absolute Gasteiger partial charge is 0.309 e. The molecule has 1 aliphatic rings. The summed E-state index contributed by atoms with van der Waals surface area (Å²) in [5.74, 6) is 0. The average Bonchev–Trinajstić information content (AvgIpc) is 4.00. The predicted molar refractivity (Wildman–Crippen MR) is 262 cm³/mol. The van der Waals surface area contributed by atoms with E-state index in [1.807, 2.05) is 27.7 Å². The fraction of sp³-hybridized carbons (Fsp3) is 0.0847. The van der Waals surface area contributed by atoms with Crippen molar-refractivity contribution in [3.8, 4) is 55.9 Å². The minimum atomic E-state index is 0.935. The Bertz CT molecular complexity index is 3350. The van der Waals surface area contributed by atoms with Gasteiger partial charge in [0.2, 0.25) is 0 Å². The van der Waals surface area contributed by atoms with Crippen LogP contribution in [0.1, 0.15) is 38.8 Å². The molecule has 2 nitrogen and oxygen atoms in total. The van der Waals surface area contributed by atoms with E-state index in [0.717, 1.165) is 6.42 Å². The Morgan fingerprint density at radius 3 is 1.18 bits per heavy atom. The van der Waals surface area contributed by atoms with Crippen molar-refractivity contribution in [3.63, 3.8) is 0 Å². The molecule has 0 radical (unpaired) electrons. The fourth-order valence-corrected chi connectivity index (χ4v) is 9.40. The summed E-state index contributed by atoms with van der Waals surface area (Å²) in [4.78, 5) is 0. The van der Waals surface area contributed by atoms with Gasteiger partial charge in [-0.2, -0.15) is 0 Å². The summed E-state index contributed by atoms with van der Waals surface area (Å²) in [5.41, 5.74) is 20.0. The molecule has 2 aromatic heterocycles. The number of hydrogen-bond acceptors (Lipinski definition) is 0. The molecule has 0 saturated carbocycles. The monoisotopic (exact) mass is 784 g/mol. The van der Waals surface area contributed by atoms with Crippen molar-refractivity contribution >= 4 is 43.6 Å². The standard InChI is InChI=1S/C55H36N2.2C2H6/c1-4-12-36(13-5-1)39-23-28-53-50(31-39)46-18-10-11-19-52(46)56(53)44-25-20-42-30-43-21-26-45(35-49(43)48(42)34-44)57-54-29-24-40(37-14-6-2-7-15-37)32-51(54)47-27-22-41(33-55(47)57)38-16-8-3-9-17-38;2*1-2/h1-29,31-35H,30H2;2*1-2H3. The lowest BCUT2D eigenvalue weighted by Gasteiger charge is -2.13. The van der Waals surface area contributed by atoms with Gasteiger partial charge < -0.3 is 9.13 Å². The van der Waals surface area contributed by atoms with Gasteiger partial charge >= 0.3 is 0 Å². The van der Waals surface area contributed by atoms with Crippen molar-refractivity contribution in [3.05, 3.63) is 217 Å². The quantitative estimate of drug-likeness (QED) is 0.164. The van der Waals surface area contributed by atoms with Gasteiger partial charge in [-0.1, -0.05) is 173 Å². The summed E-state index contributed by atoms with van der Waals surface area (Å²) in [6, 6.07) is 76.0. The zero-order valence-electron chi connectivity index (χ0n) is 35.2. The lowest BCUT2D eigenvalue weighted by molar-refractivity contribution is 1.17. The van der Waals surface area contributed by atoms with Crippen LogP contribution in [0.4, 0.5) is 0 Å². The van der Waals surface area contributed by atoms with Crippen LogP contribution in [0.3, 0.4) is 0 Å². The second kappa shape index (κ2) is 16.0. The Labute approximate surface area is 358 Å². The Kier molecular flexibility index (Phi) is 9.91. The maximum Gasteiger partial charge on any atom is 0.0547 e. The van der Waals surface area contributed by atoms with Crippen molar-refractivity contribution in [2.75, 3.05) is 0 Å². The SMILES string of the molecule is CC.CC.c1ccc(-c2ccc3c(c2)c2ccccc2n3-c2ccc3c(c2)-c2cc(-n4c5ccc(-c6ccccc6)cc5c5ccc(-c6ccccc6)cc54)ccc2C3)cc1. The van der Waals surface area contributed by atoms with Crippen LogP contribution in [0.2, 0.25) is 0 Å². The Morgan fingerprint density at radius 2 is 0.672 bits per heavy atom. The van der Waals surface area contributed by atoms with Gasteiger partial charge in [-0.15, -0.1) is 0 Å². The highest BCUT2D eigenvalue weighted by Crippen LogP contribution is 2.43. The zero-order chi connectivity index (χ0) is 41.5. The number of hydrogen-bond donors (Lipinski definition) is 0. The van der Waals surface area contributed by atoms with Gasteiger partial charge in [-0.25, -0.2) is 0 Å². The van der Waals surface area contributed by atoms with E-state index in [0.29, 0.717) is 0 Å². The molecule has 0 aliphatic heterocycles. The van der Waals surface area contributed by atoms with Crippen LogP contribution in [-0.4, -0.2) is 9.13 Å². The van der Waals surface area contributed by atoms with Crippen molar-refractivity contribution in [2.24, 2.45) is 0 Å². The number of rotatable bonds is 5. The topological polar surface area (TPSA) is 9.86 Å². The summed E-state index contributed by atoms with van der Waals surface area (Å²) in [5, 5.41) is 5.06. The molecule has 0 spiro atoms. The maximum atomic E-state index is 2.48. The lowest BCUT2D eigenvalue weighted by Crippen LogP contribution is -1.96. The van der Waals surface area contributed by atoms with Gasteiger partial charge in [-0.3, -0.25) is 0 Å². The van der Waals surface area contributed by atoms with Crippen molar-refractivity contribution in [1.82, 2.24) is 9.13 Å². The van der Waals surface area contributed by atoms with Crippen LogP contribution in [0, 0.1) is 0 Å². The zero-order valence-corrected chi connectivity index (χ0v) is 35.2. The second-order valence-corrected chi connectivity index (χ2v) is 15.3. The molecule has 0 N–H and O–H groups in total. The third-order valence-electron chi connectivity index (χ3n) is 12.1. The van der Waals surface area contributed by atoms with Gasteiger partial charge in [0, 0.05) is 32.9 Å². The van der Waals surface area contributed by atoms with Crippen molar-refractivity contribution < 1.29 is 0 Å². The number of nitrogens with zero attached hydrogens (tertiary/aromatic N) is 2. The normalized spacial score (nSPS) is 11.5. The molecule has 0 atom stereocenters. The molecular weight excluding hydrogens is 737 g/mol. The van der Waals surface area contributed by atoms with Gasteiger partial charge in [-0.05, 0) is 123 Å². The molecule has 0 saturated heterocycles. The van der Waals surface area contributed by atoms with Crippen LogP contribution in [-0.2, 0) is 6.42 Å². The number of aromatic nitrogens is 2. The van der Waals surface area contributed by atoms with E-state index in [4.69, 9.17) is 0 Å². The molecule has 0 fully saturated rings. The average molecular weight is 785 g/mol. The summed E-state index contributed by atoms with van der Waals surface area (Å²) < 4.78 is 4.93. The second-order valence-electron chi connectivity index (χ2n) is 15.3. The molecule has 294 valence electrons. The highest BCUT2D eigenvalue weighted by atomic mass is 15.0. The molecule has 2 heterocycles. The summed E-state index contributed by atoms with van der Waals surface area (Å²) in [6.07, 6.45) is 0.935. The van der Waals surface area contributed by atoms with E-state index in [2.05, 4.69) is 215 Å². The number of benzene rings is 9. The van der Waals surface area contributed by atoms with E-state index < -0.39 is 0 Å². The Hall–Kier alpha value is -7.42. The summed E-state index contributed by atoms with van der Waals surface area (Å²) >= 11 is 0. The molecular formula is C59H48N2. The van der Waals surface area contributed by atoms with E-state index >= 15 is 0 Å². The number of para-hydroxylation sites is 1. The first kappa shape index (κ1) is 37.8. The predicted octanol–water partition coefficient (Wildman–Crippen LogP) is 16.5. The lowest BCUT2D eigenvalue weighted by atomic mass is 10.0. The van der Waals surface area contributed by atoms with Crippen LogP contribution in [0.25, 0.3) is 99.5 Å². The van der Waals surface area contributed by atoms with Gasteiger partial charge in [0.25, 0.3) is 0 Å². The highest BCUT2D eigenvalue weighted by molar-refractivity contribution is 6.12. The van der Waals surface area contributed by atoms with Gasteiger partial charge in [0.05, 0.1) is 22.1 Å². The molecule has 0 amide bonds. The van der Waals surface area contributed by atoms with Crippen molar-refractivity contribution in [1.29, 1.82) is 0 Å². The van der Waals surface area contributed by atoms with Gasteiger partial charge in [0.15, 0.2) is 0 Å². The molecule has 2 heteroatoms. The summed E-state index contributed by atoms with van der Waals surface area (Å²) in [6.45, 7) is 8.00. The van der Waals surface area contributed by atoms with E-state index in [-0.39, 0.29) is 0 Å². The fourth-order valence-electron chi connectivity index (χ4n) is 9.40. The van der Waals surface area contributed by atoms with Crippen LogP contribution in [0.5, 0.6) is 0 Å². The minimum Gasteiger partial charge on any atom is -0.309 e. The van der Waals surface area contributed by atoms with Gasteiger partial charge in [0.1, 0.15) is 0 Å². The van der Waals surface area contributed by atoms with Crippen LogP contribution >= 0.6 is 0 Å². The molecule has 0 bridgehead atoms. The minimum absolute atomic E-state index is 0.935. The van der Waals surface area contributed by atoms with Crippen molar-refractivity contribution in [2.45, 2.75) is 34.1 Å². The molecule has 11 aromatic rings. The molecule has 1 aliphatic carbocycles.